The number of nitrogens with zero attached hydrogens (tertiary/aromatic N) is 1. The fourth-order valence-electron chi connectivity index (χ4n) is 3.64. The smallest absolute Gasteiger partial charge is 0.258 e. The molecule has 0 aromatic heterocycles. The molecule has 0 spiro atoms. The summed E-state index contributed by atoms with van der Waals surface area (Å²) in [6.07, 6.45) is 4.95. The molecule has 1 saturated heterocycles. The summed E-state index contributed by atoms with van der Waals surface area (Å²) in [6.45, 7) is 7.31. The third-order valence-corrected chi connectivity index (χ3v) is 5.61. The van der Waals surface area contributed by atoms with Gasteiger partial charge in [0.25, 0.3) is 5.91 Å². The van der Waals surface area contributed by atoms with Crippen molar-refractivity contribution in [2.75, 3.05) is 19.7 Å². The quantitative estimate of drug-likeness (QED) is 0.742. The SMILES string of the molecule is Cc1ccc(C)c(OCC(=O)NC2CCN(C(=O)/C=C/c3ccccc3)CC2)c1C. The van der Waals surface area contributed by atoms with Gasteiger partial charge in [0.2, 0.25) is 5.91 Å². The molecule has 3 rings (SSSR count). The van der Waals surface area contributed by atoms with Crippen LogP contribution in [0.15, 0.2) is 48.5 Å². The van der Waals surface area contributed by atoms with E-state index in [0.717, 1.165) is 40.8 Å². The van der Waals surface area contributed by atoms with E-state index in [9.17, 15) is 9.59 Å². The molecule has 0 atom stereocenters. The number of piperidine rings is 1. The van der Waals surface area contributed by atoms with Crippen LogP contribution < -0.4 is 10.1 Å². The third-order valence-electron chi connectivity index (χ3n) is 5.61. The molecule has 1 aliphatic rings. The number of rotatable bonds is 6. The highest BCUT2D eigenvalue weighted by molar-refractivity contribution is 5.91. The Morgan fingerprint density at radius 3 is 2.40 bits per heavy atom. The first kappa shape index (κ1) is 21.6. The van der Waals surface area contributed by atoms with E-state index < -0.39 is 0 Å². The van der Waals surface area contributed by atoms with E-state index in [4.69, 9.17) is 4.74 Å². The normalized spacial score (nSPS) is 14.7. The van der Waals surface area contributed by atoms with Crippen LogP contribution in [-0.4, -0.2) is 42.5 Å². The van der Waals surface area contributed by atoms with Gasteiger partial charge < -0.3 is 15.0 Å². The van der Waals surface area contributed by atoms with Crippen LogP contribution in [0.25, 0.3) is 6.08 Å². The summed E-state index contributed by atoms with van der Waals surface area (Å²) in [5.74, 6) is 0.678. The van der Waals surface area contributed by atoms with E-state index in [-0.39, 0.29) is 24.5 Å². The summed E-state index contributed by atoms with van der Waals surface area (Å²) in [5.41, 5.74) is 4.25. The molecule has 2 aromatic rings. The summed E-state index contributed by atoms with van der Waals surface area (Å²) in [5, 5.41) is 3.04. The molecule has 1 N–H and O–H groups in total. The van der Waals surface area contributed by atoms with Crippen molar-refractivity contribution < 1.29 is 14.3 Å². The fraction of sp³-hybridized carbons (Fsp3) is 0.360. The van der Waals surface area contributed by atoms with Gasteiger partial charge in [0.1, 0.15) is 5.75 Å². The zero-order valence-electron chi connectivity index (χ0n) is 18.0. The molecular formula is C25H30N2O3. The van der Waals surface area contributed by atoms with E-state index >= 15 is 0 Å². The number of likely N-dealkylation sites (tertiary alicyclic amines) is 1. The molecule has 0 unspecified atom stereocenters. The number of carbonyl (C=O) groups is 2. The molecule has 0 aliphatic carbocycles. The van der Waals surface area contributed by atoms with Gasteiger partial charge in [-0.2, -0.15) is 0 Å². The van der Waals surface area contributed by atoms with E-state index in [0.29, 0.717) is 13.1 Å². The van der Waals surface area contributed by atoms with Crippen LogP contribution in [0.5, 0.6) is 5.75 Å². The topological polar surface area (TPSA) is 58.6 Å². The molecule has 1 aliphatic heterocycles. The fourth-order valence-corrected chi connectivity index (χ4v) is 3.64. The standard InChI is InChI=1S/C25H30N2O3/c1-18-9-10-19(2)25(20(18)3)30-17-23(28)26-22-13-15-27(16-14-22)24(29)12-11-21-7-5-4-6-8-21/h4-12,22H,13-17H2,1-3H3,(H,26,28)/b12-11+. The first-order valence-electron chi connectivity index (χ1n) is 10.4. The number of aryl methyl sites for hydroxylation is 2. The molecule has 0 bridgehead atoms. The van der Waals surface area contributed by atoms with Crippen molar-refractivity contribution in [2.24, 2.45) is 0 Å². The van der Waals surface area contributed by atoms with Gasteiger partial charge in [-0.1, -0.05) is 42.5 Å². The summed E-state index contributed by atoms with van der Waals surface area (Å²) in [7, 11) is 0. The number of hydrogen-bond acceptors (Lipinski definition) is 3. The van der Waals surface area contributed by atoms with Gasteiger partial charge >= 0.3 is 0 Å². The van der Waals surface area contributed by atoms with Gasteiger partial charge in [0.15, 0.2) is 6.61 Å². The Bertz CT molecular complexity index is 913. The maximum atomic E-state index is 12.4. The predicted molar refractivity (Wildman–Crippen MR) is 119 cm³/mol. The number of nitrogens with one attached hydrogen (secondary N) is 1. The molecule has 1 heterocycles. The Morgan fingerprint density at radius 2 is 1.70 bits per heavy atom. The Morgan fingerprint density at radius 1 is 1.03 bits per heavy atom. The molecule has 5 heteroatoms. The zero-order valence-corrected chi connectivity index (χ0v) is 18.0. The minimum atomic E-state index is -0.121. The maximum absolute atomic E-state index is 12.4. The number of carbonyl (C=O) groups excluding carboxylic acids is 2. The Kier molecular flexibility index (Phi) is 7.28. The van der Waals surface area contributed by atoms with E-state index in [2.05, 4.69) is 11.4 Å². The summed E-state index contributed by atoms with van der Waals surface area (Å²) in [6, 6.07) is 13.9. The molecule has 5 nitrogen and oxygen atoms in total. The maximum Gasteiger partial charge on any atom is 0.258 e. The molecular weight excluding hydrogens is 376 g/mol. The molecule has 1 fully saturated rings. The van der Waals surface area contributed by atoms with Crippen LogP contribution in [0.1, 0.15) is 35.1 Å². The van der Waals surface area contributed by atoms with Gasteiger partial charge in [0.05, 0.1) is 0 Å². The highest BCUT2D eigenvalue weighted by atomic mass is 16.5. The molecule has 0 radical (unpaired) electrons. The largest absolute Gasteiger partial charge is 0.483 e. The summed E-state index contributed by atoms with van der Waals surface area (Å²) >= 11 is 0. The van der Waals surface area contributed by atoms with Gasteiger partial charge in [-0.05, 0) is 61.9 Å². The lowest BCUT2D eigenvalue weighted by Gasteiger charge is -2.31. The van der Waals surface area contributed by atoms with Crippen molar-refractivity contribution in [1.29, 1.82) is 0 Å². The average molecular weight is 407 g/mol. The van der Waals surface area contributed by atoms with Crippen molar-refractivity contribution in [3.8, 4) is 5.75 Å². The van der Waals surface area contributed by atoms with E-state index in [1.165, 1.54) is 0 Å². The molecule has 2 aromatic carbocycles. The molecule has 2 amide bonds. The lowest BCUT2D eigenvalue weighted by Crippen LogP contribution is -2.47. The first-order valence-corrected chi connectivity index (χ1v) is 10.4. The van der Waals surface area contributed by atoms with Crippen LogP contribution in [0.2, 0.25) is 0 Å². The third kappa shape index (κ3) is 5.72. The van der Waals surface area contributed by atoms with Crippen molar-refractivity contribution in [1.82, 2.24) is 10.2 Å². The minimum Gasteiger partial charge on any atom is -0.483 e. The van der Waals surface area contributed by atoms with Crippen LogP contribution in [0, 0.1) is 20.8 Å². The minimum absolute atomic E-state index is 0.00406. The molecule has 30 heavy (non-hydrogen) atoms. The lowest BCUT2D eigenvalue weighted by molar-refractivity contribution is -0.127. The summed E-state index contributed by atoms with van der Waals surface area (Å²) < 4.78 is 5.80. The number of hydrogen-bond donors (Lipinski definition) is 1. The van der Waals surface area contributed by atoms with Crippen LogP contribution in [0.4, 0.5) is 0 Å². The second-order valence-corrected chi connectivity index (χ2v) is 7.85. The van der Waals surface area contributed by atoms with Crippen LogP contribution >= 0.6 is 0 Å². The van der Waals surface area contributed by atoms with Crippen molar-refractivity contribution in [3.63, 3.8) is 0 Å². The molecule has 158 valence electrons. The second-order valence-electron chi connectivity index (χ2n) is 7.85. The second kappa shape index (κ2) is 10.1. The monoisotopic (exact) mass is 406 g/mol. The number of benzene rings is 2. The summed E-state index contributed by atoms with van der Waals surface area (Å²) in [4.78, 5) is 26.6. The first-order chi connectivity index (χ1) is 14.4. The average Bonchev–Trinajstić information content (AvgIpc) is 2.76. The van der Waals surface area contributed by atoms with Crippen molar-refractivity contribution in [2.45, 2.75) is 39.7 Å². The van der Waals surface area contributed by atoms with Gasteiger partial charge in [0, 0.05) is 25.2 Å². The number of amides is 2. The Balaban J connectivity index is 1.43. The van der Waals surface area contributed by atoms with Crippen molar-refractivity contribution >= 4 is 17.9 Å². The molecule has 0 saturated carbocycles. The Hall–Kier alpha value is -3.08. The zero-order chi connectivity index (χ0) is 21.5. The van der Waals surface area contributed by atoms with E-state index in [1.54, 1.807) is 6.08 Å². The lowest BCUT2D eigenvalue weighted by atomic mass is 10.0. The van der Waals surface area contributed by atoms with Crippen molar-refractivity contribution in [3.05, 3.63) is 70.8 Å². The Labute approximate surface area is 178 Å². The highest BCUT2D eigenvalue weighted by Gasteiger charge is 2.23. The van der Waals surface area contributed by atoms with Crippen LogP contribution in [-0.2, 0) is 9.59 Å². The van der Waals surface area contributed by atoms with Gasteiger partial charge in [-0.25, -0.2) is 0 Å². The highest BCUT2D eigenvalue weighted by Crippen LogP contribution is 2.25. The van der Waals surface area contributed by atoms with E-state index in [1.807, 2.05) is 68.1 Å². The van der Waals surface area contributed by atoms with Gasteiger partial charge in [-0.15, -0.1) is 0 Å². The predicted octanol–water partition coefficient (Wildman–Crippen LogP) is 3.81. The van der Waals surface area contributed by atoms with Gasteiger partial charge in [-0.3, -0.25) is 9.59 Å². The van der Waals surface area contributed by atoms with Crippen LogP contribution in [0.3, 0.4) is 0 Å². The number of ether oxygens (including phenoxy) is 1.